The van der Waals surface area contributed by atoms with Gasteiger partial charge in [0.15, 0.2) is 5.69 Å². The Hall–Kier alpha value is -3.54. The number of para-hydroxylation sites is 1. The van der Waals surface area contributed by atoms with Gasteiger partial charge in [0, 0.05) is 32.7 Å². The molecular weight excluding hydrogens is 531 g/mol. The second-order valence-electron chi connectivity index (χ2n) is 12.1. The summed E-state index contributed by atoms with van der Waals surface area (Å²) in [6.07, 6.45) is -0.144. The largest absolute Gasteiger partial charge is 0.444 e. The Kier molecular flexibility index (Phi) is 9.31. The van der Waals surface area contributed by atoms with Crippen LogP contribution in [0.3, 0.4) is 0 Å². The Balaban J connectivity index is 1.66. The molecule has 2 saturated heterocycles. The topological polar surface area (TPSA) is 110 Å². The highest BCUT2D eigenvalue weighted by molar-refractivity contribution is 5.93. The van der Waals surface area contributed by atoms with Crippen LogP contribution in [0.4, 0.5) is 9.18 Å². The van der Waals surface area contributed by atoms with E-state index in [1.54, 1.807) is 55.7 Å². The minimum absolute atomic E-state index is 0.0646. The molecule has 12 heteroatoms. The molecule has 2 fully saturated rings. The van der Waals surface area contributed by atoms with Gasteiger partial charge in [-0.1, -0.05) is 31.2 Å². The minimum atomic E-state index is -0.719. The van der Waals surface area contributed by atoms with Gasteiger partial charge in [-0.3, -0.25) is 9.59 Å². The summed E-state index contributed by atoms with van der Waals surface area (Å²) in [5.74, 6) is -1.36. The smallest absolute Gasteiger partial charge is 0.410 e. The van der Waals surface area contributed by atoms with Gasteiger partial charge in [0.2, 0.25) is 5.91 Å². The van der Waals surface area contributed by atoms with Crippen LogP contribution >= 0.6 is 0 Å². The molecule has 0 aliphatic carbocycles. The summed E-state index contributed by atoms with van der Waals surface area (Å²) in [7, 11) is 0. The van der Waals surface area contributed by atoms with Gasteiger partial charge in [-0.05, 0) is 52.2 Å². The fourth-order valence-electron chi connectivity index (χ4n) is 5.30. The molecule has 4 rings (SSSR count). The molecule has 1 aromatic carbocycles. The van der Waals surface area contributed by atoms with Crippen molar-refractivity contribution in [1.29, 1.82) is 0 Å². The first kappa shape index (κ1) is 30.4. The predicted molar refractivity (Wildman–Crippen MR) is 149 cm³/mol. The number of rotatable bonds is 6. The lowest BCUT2D eigenvalue weighted by atomic mass is 9.91. The number of hydrogen-bond acceptors (Lipinski definition) is 7. The predicted octanol–water partition coefficient (Wildman–Crippen LogP) is 3.30. The first-order valence-electron chi connectivity index (χ1n) is 14.2. The number of carbonyl (C=O) groups is 3. The average Bonchev–Trinajstić information content (AvgIpc) is 3.31. The molecule has 0 unspecified atom stereocenters. The zero-order valence-electron chi connectivity index (χ0n) is 24.8. The van der Waals surface area contributed by atoms with Gasteiger partial charge in [-0.2, -0.15) is 0 Å². The lowest BCUT2D eigenvalue weighted by molar-refractivity contribution is -0.142. The Labute approximate surface area is 240 Å². The van der Waals surface area contributed by atoms with Gasteiger partial charge < -0.3 is 24.2 Å². The van der Waals surface area contributed by atoms with Crippen LogP contribution in [0.2, 0.25) is 0 Å². The molecule has 0 bridgehead atoms. The normalized spacial score (nSPS) is 19.8. The summed E-state index contributed by atoms with van der Waals surface area (Å²) >= 11 is 0. The van der Waals surface area contributed by atoms with Crippen LogP contribution in [0.5, 0.6) is 0 Å². The van der Waals surface area contributed by atoms with E-state index in [0.717, 1.165) is 0 Å². The molecule has 2 aliphatic rings. The number of nitrogens with zero attached hydrogens (tertiary/aromatic N) is 6. The van der Waals surface area contributed by atoms with Crippen molar-refractivity contribution in [1.82, 2.24) is 29.7 Å². The Morgan fingerprint density at radius 3 is 2.44 bits per heavy atom. The zero-order chi connectivity index (χ0) is 29.9. The number of carbonyl (C=O) groups excluding carboxylic acids is 3. The third-order valence-corrected chi connectivity index (χ3v) is 7.19. The Bertz CT molecular complexity index is 1250. The van der Waals surface area contributed by atoms with E-state index in [9.17, 15) is 18.8 Å². The lowest BCUT2D eigenvalue weighted by Crippen LogP contribution is -2.58. The van der Waals surface area contributed by atoms with Crippen LogP contribution in [-0.2, 0) is 14.3 Å². The number of hydrogen-bond donors (Lipinski definition) is 0. The monoisotopic (exact) mass is 572 g/mol. The van der Waals surface area contributed by atoms with Gasteiger partial charge in [0.25, 0.3) is 5.91 Å². The molecule has 41 heavy (non-hydrogen) atoms. The van der Waals surface area contributed by atoms with Gasteiger partial charge in [-0.15, -0.1) is 5.10 Å². The Morgan fingerprint density at radius 2 is 1.80 bits per heavy atom. The van der Waals surface area contributed by atoms with Crippen LogP contribution in [0.15, 0.2) is 24.3 Å². The maximum Gasteiger partial charge on any atom is 0.410 e. The van der Waals surface area contributed by atoms with Crippen molar-refractivity contribution in [3.8, 4) is 5.69 Å². The molecule has 2 atom stereocenters. The van der Waals surface area contributed by atoms with Crippen molar-refractivity contribution in [2.75, 3.05) is 45.9 Å². The highest BCUT2D eigenvalue weighted by Gasteiger charge is 2.41. The van der Waals surface area contributed by atoms with Crippen molar-refractivity contribution in [3.63, 3.8) is 0 Å². The molecular formula is C29H41FN6O5. The van der Waals surface area contributed by atoms with Gasteiger partial charge in [0.05, 0.1) is 30.9 Å². The molecule has 224 valence electrons. The third kappa shape index (κ3) is 7.22. The number of amides is 3. The summed E-state index contributed by atoms with van der Waals surface area (Å²) in [6.45, 7) is 13.7. The molecule has 3 amide bonds. The van der Waals surface area contributed by atoms with E-state index in [0.29, 0.717) is 45.0 Å². The molecule has 3 heterocycles. The maximum absolute atomic E-state index is 14.5. The molecule has 0 N–H and O–H groups in total. The molecule has 2 aromatic rings. The van der Waals surface area contributed by atoms with E-state index in [2.05, 4.69) is 10.3 Å². The molecule has 11 nitrogen and oxygen atoms in total. The van der Waals surface area contributed by atoms with E-state index in [-0.39, 0.29) is 42.2 Å². The van der Waals surface area contributed by atoms with E-state index >= 15 is 0 Å². The number of ether oxygens (including phenoxy) is 2. The van der Waals surface area contributed by atoms with E-state index < -0.39 is 29.5 Å². The summed E-state index contributed by atoms with van der Waals surface area (Å²) in [4.78, 5) is 45.9. The molecule has 0 saturated carbocycles. The SMILES string of the molecule is Cc1c(C(=O)N(CC(C)C)[C@H]2C[C@@H](C(=O)N3CCOCC3)CN(C(=O)OC(C)(C)C)C2)nnn1-c1ccccc1F. The number of piperidine rings is 1. The molecule has 0 spiro atoms. The maximum atomic E-state index is 14.5. The van der Waals surface area contributed by atoms with Crippen molar-refractivity contribution < 1.29 is 28.2 Å². The van der Waals surface area contributed by atoms with Crippen LogP contribution in [0, 0.1) is 24.6 Å². The van der Waals surface area contributed by atoms with Crippen molar-refractivity contribution in [2.24, 2.45) is 11.8 Å². The number of likely N-dealkylation sites (tertiary alicyclic amines) is 1. The molecule has 2 aliphatic heterocycles. The van der Waals surface area contributed by atoms with Gasteiger partial charge in [0.1, 0.15) is 17.1 Å². The molecule has 0 radical (unpaired) electrons. The minimum Gasteiger partial charge on any atom is -0.444 e. The lowest BCUT2D eigenvalue weighted by Gasteiger charge is -2.44. The van der Waals surface area contributed by atoms with Gasteiger partial charge in [-0.25, -0.2) is 13.9 Å². The van der Waals surface area contributed by atoms with E-state index in [1.165, 1.54) is 15.6 Å². The quantitative estimate of drug-likeness (QED) is 0.523. The van der Waals surface area contributed by atoms with Crippen LogP contribution < -0.4 is 0 Å². The van der Waals surface area contributed by atoms with Crippen LogP contribution in [-0.4, -0.2) is 105 Å². The summed E-state index contributed by atoms with van der Waals surface area (Å²) in [5, 5.41) is 8.23. The van der Waals surface area contributed by atoms with Crippen LogP contribution in [0.25, 0.3) is 5.69 Å². The summed E-state index contributed by atoms with van der Waals surface area (Å²) in [5.41, 5.74) is -0.0328. The number of morpholine rings is 1. The van der Waals surface area contributed by atoms with Crippen molar-refractivity contribution in [2.45, 2.75) is 59.6 Å². The van der Waals surface area contributed by atoms with Gasteiger partial charge >= 0.3 is 6.09 Å². The second-order valence-corrected chi connectivity index (χ2v) is 12.1. The second kappa shape index (κ2) is 12.5. The highest BCUT2D eigenvalue weighted by Crippen LogP contribution is 2.28. The summed E-state index contributed by atoms with van der Waals surface area (Å²) < 4.78 is 26.9. The first-order valence-corrected chi connectivity index (χ1v) is 14.2. The standard InChI is InChI=1S/C29H41FN6O5/c1-19(2)16-35(27(38)25-20(3)36(32-31-25)24-10-8-7-9-23(24)30)22-15-21(26(37)33-11-13-40-14-12-33)17-34(18-22)28(39)41-29(4,5)6/h7-10,19,21-22H,11-18H2,1-6H3/t21-,22+/m1/s1. The van der Waals surface area contributed by atoms with E-state index in [4.69, 9.17) is 9.47 Å². The number of halogens is 1. The number of benzene rings is 1. The number of aromatic nitrogens is 3. The molecule has 1 aromatic heterocycles. The summed E-state index contributed by atoms with van der Waals surface area (Å²) in [6, 6.07) is 5.68. The van der Waals surface area contributed by atoms with E-state index in [1.807, 2.05) is 13.8 Å². The van der Waals surface area contributed by atoms with Crippen molar-refractivity contribution in [3.05, 3.63) is 41.5 Å². The highest BCUT2D eigenvalue weighted by atomic mass is 19.1. The third-order valence-electron chi connectivity index (χ3n) is 7.19. The first-order chi connectivity index (χ1) is 19.4. The van der Waals surface area contributed by atoms with Crippen LogP contribution in [0.1, 0.15) is 57.2 Å². The fraction of sp³-hybridized carbons (Fsp3) is 0.621. The Morgan fingerprint density at radius 1 is 1.12 bits per heavy atom. The fourth-order valence-corrected chi connectivity index (χ4v) is 5.30. The van der Waals surface area contributed by atoms with Crippen molar-refractivity contribution >= 4 is 17.9 Å². The average molecular weight is 573 g/mol. The zero-order valence-corrected chi connectivity index (χ0v) is 24.8.